The Morgan fingerprint density at radius 2 is 1.69 bits per heavy atom. The number of piperazine rings is 1. The molecule has 0 bridgehead atoms. The predicted molar refractivity (Wildman–Crippen MR) is 140 cm³/mol. The highest BCUT2D eigenvalue weighted by Gasteiger charge is 2.23. The lowest BCUT2D eigenvalue weighted by Crippen LogP contribution is -2.48. The number of fused-ring (bicyclic) bond motifs is 1. The maximum atomic E-state index is 13.2. The Morgan fingerprint density at radius 3 is 2.43 bits per heavy atom. The number of carbonyl (C=O) groups excluding carboxylic acids is 1. The lowest BCUT2D eigenvalue weighted by atomic mass is 10.1. The van der Waals surface area contributed by atoms with Crippen LogP contribution >= 0.6 is 12.2 Å². The fourth-order valence-electron chi connectivity index (χ4n) is 4.52. The number of para-hydroxylation sites is 2. The summed E-state index contributed by atoms with van der Waals surface area (Å²) in [7, 11) is 1.60. The summed E-state index contributed by atoms with van der Waals surface area (Å²) >= 11 is 5.50. The van der Waals surface area contributed by atoms with Crippen molar-refractivity contribution in [2.45, 2.75) is 6.54 Å². The van der Waals surface area contributed by atoms with Crippen LogP contribution in [-0.4, -0.2) is 53.6 Å². The van der Waals surface area contributed by atoms with Gasteiger partial charge in [-0.05, 0) is 48.6 Å². The number of ether oxygens (including phenoxy) is 1. The van der Waals surface area contributed by atoms with Crippen LogP contribution in [0.1, 0.15) is 15.9 Å². The molecular weight excluding hydrogens is 460 g/mol. The van der Waals surface area contributed by atoms with Crippen LogP contribution in [0.25, 0.3) is 10.9 Å². The number of hydrogen-bond donors (Lipinski definition) is 1. The smallest absolute Gasteiger partial charge is 0.262 e. The molecule has 1 fully saturated rings. The summed E-state index contributed by atoms with van der Waals surface area (Å²) in [5, 5.41) is 0.485. The van der Waals surface area contributed by atoms with E-state index in [4.69, 9.17) is 17.0 Å². The van der Waals surface area contributed by atoms with Crippen LogP contribution in [0.5, 0.6) is 5.75 Å². The molecule has 178 valence electrons. The molecule has 7 nitrogen and oxygen atoms in total. The van der Waals surface area contributed by atoms with Gasteiger partial charge in [-0.15, -0.1) is 0 Å². The van der Waals surface area contributed by atoms with E-state index >= 15 is 0 Å². The summed E-state index contributed by atoms with van der Waals surface area (Å²) < 4.78 is 7.23. The molecule has 3 aromatic carbocycles. The Kier molecular flexibility index (Phi) is 6.37. The fraction of sp³-hybridized carbons (Fsp3) is 0.222. The Morgan fingerprint density at radius 1 is 0.971 bits per heavy atom. The van der Waals surface area contributed by atoms with Gasteiger partial charge in [0.1, 0.15) is 5.75 Å². The molecule has 1 aromatic heterocycles. The number of nitrogens with zero attached hydrogens (tertiary/aromatic N) is 3. The summed E-state index contributed by atoms with van der Waals surface area (Å²) in [5.74, 6) is 0.652. The van der Waals surface area contributed by atoms with Crippen molar-refractivity contribution in [1.82, 2.24) is 14.5 Å². The molecule has 4 aromatic rings. The normalized spacial score (nSPS) is 13.7. The molecule has 0 atom stereocenters. The number of H-pyrrole nitrogens is 1. The van der Waals surface area contributed by atoms with Crippen molar-refractivity contribution in [2.75, 3.05) is 38.2 Å². The maximum absolute atomic E-state index is 13.2. The van der Waals surface area contributed by atoms with E-state index in [1.54, 1.807) is 25.3 Å². The lowest BCUT2D eigenvalue weighted by Gasteiger charge is -2.36. The van der Waals surface area contributed by atoms with E-state index in [0.717, 1.165) is 18.7 Å². The largest absolute Gasteiger partial charge is 0.496 e. The summed E-state index contributed by atoms with van der Waals surface area (Å²) in [6, 6.07) is 22.9. The van der Waals surface area contributed by atoms with Crippen LogP contribution in [0.4, 0.5) is 5.69 Å². The number of carbonyl (C=O) groups is 1. The number of methoxy groups -OCH3 is 1. The third-order valence-corrected chi connectivity index (χ3v) is 6.76. The molecule has 0 aliphatic carbocycles. The number of amides is 1. The van der Waals surface area contributed by atoms with Crippen LogP contribution in [0, 0.1) is 4.77 Å². The van der Waals surface area contributed by atoms with Gasteiger partial charge < -0.3 is 19.5 Å². The molecule has 1 saturated heterocycles. The highest BCUT2D eigenvalue weighted by Crippen LogP contribution is 2.20. The minimum absolute atomic E-state index is 0.0443. The van der Waals surface area contributed by atoms with Crippen molar-refractivity contribution < 1.29 is 9.53 Å². The Labute approximate surface area is 208 Å². The number of nitrogens with one attached hydrogen (secondary N) is 1. The number of hydrogen-bond acceptors (Lipinski definition) is 5. The third kappa shape index (κ3) is 4.57. The predicted octanol–water partition coefficient (Wildman–Crippen LogP) is 4.08. The van der Waals surface area contributed by atoms with Crippen LogP contribution in [0.15, 0.2) is 77.6 Å². The van der Waals surface area contributed by atoms with E-state index < -0.39 is 0 Å². The van der Waals surface area contributed by atoms with Gasteiger partial charge in [0.05, 0.1) is 24.6 Å². The second-order valence-electron chi connectivity index (χ2n) is 8.51. The van der Waals surface area contributed by atoms with Gasteiger partial charge in [-0.2, -0.15) is 0 Å². The SMILES string of the molecule is COc1ccccc1Cn1c(=S)[nH]c2cc(C(=O)N3CCN(c4ccccc4)CC3)ccc2c1=O. The van der Waals surface area contributed by atoms with Crippen molar-refractivity contribution in [3.63, 3.8) is 0 Å². The first-order chi connectivity index (χ1) is 17.0. The van der Waals surface area contributed by atoms with Crippen molar-refractivity contribution in [1.29, 1.82) is 0 Å². The summed E-state index contributed by atoms with van der Waals surface area (Å²) in [6.07, 6.45) is 0. The van der Waals surface area contributed by atoms with Crippen molar-refractivity contribution >= 4 is 34.7 Å². The fourth-order valence-corrected chi connectivity index (χ4v) is 4.78. The zero-order valence-corrected chi connectivity index (χ0v) is 20.3. The minimum atomic E-state index is -0.204. The van der Waals surface area contributed by atoms with E-state index in [9.17, 15) is 9.59 Å². The molecule has 0 spiro atoms. The van der Waals surface area contributed by atoms with Crippen LogP contribution in [-0.2, 0) is 6.54 Å². The summed E-state index contributed by atoms with van der Waals surface area (Å²) in [5.41, 5.74) is 2.92. The van der Waals surface area contributed by atoms with Gasteiger partial charge in [0.25, 0.3) is 11.5 Å². The Bertz CT molecular complexity index is 1490. The monoisotopic (exact) mass is 486 g/mol. The van der Waals surface area contributed by atoms with Gasteiger partial charge >= 0.3 is 0 Å². The molecule has 0 radical (unpaired) electrons. The molecule has 1 amide bonds. The van der Waals surface area contributed by atoms with E-state index in [-0.39, 0.29) is 11.5 Å². The van der Waals surface area contributed by atoms with Crippen molar-refractivity contribution in [3.8, 4) is 5.75 Å². The number of benzene rings is 3. The molecule has 0 unspecified atom stereocenters. The topological polar surface area (TPSA) is 70.6 Å². The van der Waals surface area contributed by atoms with E-state index in [2.05, 4.69) is 22.0 Å². The standard InChI is InChI=1S/C27H26N4O3S/c1-34-24-10-6-5-7-20(24)18-31-26(33)22-12-11-19(17-23(22)28-27(31)35)25(32)30-15-13-29(14-16-30)21-8-3-2-4-9-21/h2-12,17H,13-16,18H2,1H3,(H,28,35). The zero-order valence-electron chi connectivity index (χ0n) is 19.4. The number of rotatable bonds is 5. The number of aromatic nitrogens is 2. The molecule has 1 N–H and O–H groups in total. The molecule has 5 rings (SSSR count). The average Bonchev–Trinajstić information content (AvgIpc) is 2.91. The first kappa shape index (κ1) is 22.9. The quantitative estimate of drug-likeness (QED) is 0.431. The molecule has 1 aliphatic rings. The molecule has 8 heteroatoms. The Balaban J connectivity index is 1.37. The average molecular weight is 487 g/mol. The van der Waals surface area contributed by atoms with E-state index in [1.807, 2.05) is 47.4 Å². The third-order valence-electron chi connectivity index (χ3n) is 6.44. The lowest BCUT2D eigenvalue weighted by molar-refractivity contribution is 0.0747. The molecule has 2 heterocycles. The van der Waals surface area contributed by atoms with Crippen LogP contribution in [0.3, 0.4) is 0 Å². The van der Waals surface area contributed by atoms with Gasteiger partial charge in [0, 0.05) is 43.0 Å². The number of aromatic amines is 1. The van der Waals surface area contributed by atoms with Crippen molar-refractivity contribution in [3.05, 3.63) is 99.0 Å². The summed E-state index contributed by atoms with van der Waals surface area (Å²) in [6.45, 7) is 3.13. The maximum Gasteiger partial charge on any atom is 0.262 e. The minimum Gasteiger partial charge on any atom is -0.496 e. The van der Waals surface area contributed by atoms with Gasteiger partial charge in [-0.3, -0.25) is 14.2 Å². The number of anilines is 1. The zero-order chi connectivity index (χ0) is 24.4. The van der Waals surface area contributed by atoms with E-state index in [0.29, 0.717) is 46.6 Å². The van der Waals surface area contributed by atoms with Gasteiger partial charge in [-0.25, -0.2) is 0 Å². The molecule has 35 heavy (non-hydrogen) atoms. The second kappa shape index (κ2) is 9.76. The van der Waals surface area contributed by atoms with Crippen LogP contribution < -0.4 is 15.2 Å². The first-order valence-corrected chi connectivity index (χ1v) is 11.9. The van der Waals surface area contributed by atoms with Gasteiger partial charge in [0.2, 0.25) is 0 Å². The Hall–Kier alpha value is -3.91. The van der Waals surface area contributed by atoms with Crippen LogP contribution in [0.2, 0.25) is 0 Å². The van der Waals surface area contributed by atoms with Gasteiger partial charge in [-0.1, -0.05) is 36.4 Å². The van der Waals surface area contributed by atoms with Crippen molar-refractivity contribution in [2.24, 2.45) is 0 Å². The molecule has 0 saturated carbocycles. The summed E-state index contributed by atoms with van der Waals surface area (Å²) in [4.78, 5) is 33.7. The molecular formula is C27H26N4O3S. The van der Waals surface area contributed by atoms with Gasteiger partial charge in [0.15, 0.2) is 4.77 Å². The first-order valence-electron chi connectivity index (χ1n) is 11.5. The highest BCUT2D eigenvalue weighted by atomic mass is 32.1. The second-order valence-corrected chi connectivity index (χ2v) is 8.90. The van der Waals surface area contributed by atoms with E-state index in [1.165, 1.54) is 10.3 Å². The molecule has 1 aliphatic heterocycles. The highest BCUT2D eigenvalue weighted by molar-refractivity contribution is 7.71.